The molecular formula is C63H106N2O14. The Morgan fingerprint density at radius 3 is 1.53 bits per heavy atom. The average molecular weight is 1120 g/mol. The molecule has 1 aliphatic heterocycles. The molecule has 4 atom stereocenters. The Labute approximate surface area is 475 Å². The molecular weight excluding hydrogens is 1010 g/mol. The lowest BCUT2D eigenvalue weighted by Gasteiger charge is -2.40. The van der Waals surface area contributed by atoms with Crippen LogP contribution in [0.3, 0.4) is 0 Å². The summed E-state index contributed by atoms with van der Waals surface area (Å²) in [6, 6.07) is 0. The average Bonchev–Trinajstić information content (AvgIpc) is 3.98. The summed E-state index contributed by atoms with van der Waals surface area (Å²) in [6.45, 7) is 8.74. The van der Waals surface area contributed by atoms with Gasteiger partial charge in [-0.25, -0.2) is 4.79 Å². The van der Waals surface area contributed by atoms with Gasteiger partial charge in [0.15, 0.2) is 0 Å². The summed E-state index contributed by atoms with van der Waals surface area (Å²) in [4.78, 5) is 94.9. The maximum atomic E-state index is 14.1. The third-order valence-corrected chi connectivity index (χ3v) is 15.6. The van der Waals surface area contributed by atoms with Gasteiger partial charge >= 0.3 is 41.9 Å². The zero-order valence-electron chi connectivity index (χ0n) is 49.4. The number of esters is 6. The van der Waals surface area contributed by atoms with Gasteiger partial charge in [-0.1, -0.05) is 122 Å². The summed E-state index contributed by atoms with van der Waals surface area (Å²) in [5, 5.41) is 2.87. The Morgan fingerprint density at radius 1 is 0.494 bits per heavy atom. The summed E-state index contributed by atoms with van der Waals surface area (Å²) in [7, 11) is 0. The topological polar surface area (TPSA) is 199 Å². The Hall–Kier alpha value is -4.47. The summed E-state index contributed by atoms with van der Waals surface area (Å²) in [6.07, 6.45) is 33.2. The van der Waals surface area contributed by atoms with E-state index in [-0.39, 0.29) is 74.9 Å². The number of carbonyl (C=O) groups excluding carboxylic acids is 7. The number of amides is 1. The van der Waals surface area contributed by atoms with Gasteiger partial charge in [-0.3, -0.25) is 28.8 Å². The van der Waals surface area contributed by atoms with Crippen molar-refractivity contribution in [3.63, 3.8) is 0 Å². The van der Waals surface area contributed by atoms with Crippen LogP contribution in [-0.4, -0.2) is 119 Å². The highest BCUT2D eigenvalue weighted by Gasteiger charge is 2.42. The second kappa shape index (κ2) is 44.2. The molecule has 0 bridgehead atoms. The maximum Gasteiger partial charge on any atom is 0.407 e. The first-order valence-electron chi connectivity index (χ1n) is 31.4. The van der Waals surface area contributed by atoms with Gasteiger partial charge in [-0.15, -0.1) is 0 Å². The fraction of sp³-hybridized carbons (Fsp3) is 0.825. The van der Waals surface area contributed by atoms with E-state index in [2.05, 4.69) is 43.1 Å². The highest BCUT2D eigenvalue weighted by atomic mass is 16.6. The largest absolute Gasteiger partial charge is 0.465 e. The van der Waals surface area contributed by atoms with Crippen molar-refractivity contribution >= 4 is 41.9 Å². The van der Waals surface area contributed by atoms with Crippen LogP contribution in [0.25, 0.3) is 0 Å². The predicted molar refractivity (Wildman–Crippen MR) is 306 cm³/mol. The number of rotatable bonds is 45. The summed E-state index contributed by atoms with van der Waals surface area (Å²) in [5.74, 6) is -2.43. The molecule has 1 saturated heterocycles. The lowest BCUT2D eigenvalue weighted by Crippen LogP contribution is -2.45. The van der Waals surface area contributed by atoms with E-state index < -0.39 is 55.3 Å². The molecule has 3 aliphatic rings. The Morgan fingerprint density at radius 2 is 0.975 bits per heavy atom. The molecule has 0 spiro atoms. The van der Waals surface area contributed by atoms with Crippen molar-refractivity contribution in [1.82, 2.24) is 10.2 Å². The molecule has 1 heterocycles. The number of ether oxygens (including phenoxy) is 7. The standard InChI is InChI=1S/C63H106N2O14/c1-4-7-10-13-15-17-28-46-73-56(66)36-22-24-38-58(68)75-48-63(51-78-61(71)55-35-30-32-52-31-20-21-34-54(52)55,49-76-59(69)39-25-23-37-57(67)74-47-29-18-16-14-11-8-5-2)50-77-60(70)41-40-53(33-19-12-9-6-3)79-62(72)64-42-45-65-43-26-27-44-65/h15-18,52-55H,4-14,19-51H2,1-3H3,(H,64,72)/b17-15-,18-16-. The number of nitrogens with zero attached hydrogens (tertiary/aromatic N) is 1. The van der Waals surface area contributed by atoms with Crippen LogP contribution in [0.15, 0.2) is 24.3 Å². The lowest BCUT2D eigenvalue weighted by atomic mass is 9.65. The quantitative estimate of drug-likeness (QED) is 0.0261. The molecule has 16 heteroatoms. The molecule has 0 aromatic rings. The second-order valence-electron chi connectivity index (χ2n) is 22.6. The number of hydrogen-bond acceptors (Lipinski definition) is 15. The van der Waals surface area contributed by atoms with Gasteiger partial charge in [-0.2, -0.15) is 0 Å². The van der Waals surface area contributed by atoms with Crippen LogP contribution in [-0.2, 0) is 61.9 Å². The fourth-order valence-corrected chi connectivity index (χ4v) is 10.8. The van der Waals surface area contributed by atoms with Crippen LogP contribution in [0.2, 0.25) is 0 Å². The molecule has 2 aliphatic carbocycles. The van der Waals surface area contributed by atoms with Gasteiger partial charge in [0.05, 0.1) is 19.1 Å². The van der Waals surface area contributed by atoms with E-state index in [1.807, 2.05) is 12.2 Å². The third-order valence-electron chi connectivity index (χ3n) is 15.6. The normalized spacial score (nSPS) is 17.9. The van der Waals surface area contributed by atoms with E-state index in [1.165, 1.54) is 25.7 Å². The Kier molecular flexibility index (Phi) is 38.5. The minimum absolute atomic E-state index is 0.0158. The summed E-state index contributed by atoms with van der Waals surface area (Å²) < 4.78 is 40.5. The predicted octanol–water partition coefficient (Wildman–Crippen LogP) is 13.0. The van der Waals surface area contributed by atoms with Crippen molar-refractivity contribution < 1.29 is 66.7 Å². The third kappa shape index (κ3) is 33.2. The molecule has 0 aromatic heterocycles. The van der Waals surface area contributed by atoms with Gasteiger partial charge in [0.2, 0.25) is 0 Å². The summed E-state index contributed by atoms with van der Waals surface area (Å²) >= 11 is 0. The molecule has 0 aromatic carbocycles. The zero-order valence-corrected chi connectivity index (χ0v) is 49.4. The van der Waals surface area contributed by atoms with Crippen LogP contribution in [0.5, 0.6) is 0 Å². The van der Waals surface area contributed by atoms with Crippen LogP contribution in [0, 0.1) is 23.2 Å². The first-order chi connectivity index (χ1) is 38.5. The SMILES string of the molecule is CCCCC/C=C\CCOC(=O)CCCCC(=O)OCC(COC(=O)CCCCC(=O)OCC/C=C\CCCCC)(COC(=O)CCC(CCCCCC)OC(=O)NCCN1CCCC1)COC(=O)C1CCCC2CCCCC21. The lowest BCUT2D eigenvalue weighted by molar-refractivity contribution is -0.174. The maximum absolute atomic E-state index is 14.1. The van der Waals surface area contributed by atoms with Gasteiger partial charge in [0, 0.05) is 45.2 Å². The Bertz CT molecular complexity index is 1700. The highest BCUT2D eigenvalue weighted by molar-refractivity contribution is 5.74. The summed E-state index contributed by atoms with van der Waals surface area (Å²) in [5.41, 5.74) is -1.48. The van der Waals surface area contributed by atoms with Crippen LogP contribution < -0.4 is 5.32 Å². The molecule has 1 N–H and O–H groups in total. The van der Waals surface area contributed by atoms with Crippen molar-refractivity contribution in [3.8, 4) is 0 Å². The number of likely N-dealkylation sites (tertiary alicyclic amines) is 1. The Balaban J connectivity index is 1.70. The zero-order chi connectivity index (χ0) is 57.0. The molecule has 0 radical (unpaired) electrons. The minimum atomic E-state index is -1.48. The van der Waals surface area contributed by atoms with Crippen LogP contribution in [0.1, 0.15) is 239 Å². The molecule has 2 saturated carbocycles. The van der Waals surface area contributed by atoms with Gasteiger partial charge < -0.3 is 43.4 Å². The molecule has 3 fully saturated rings. The monoisotopic (exact) mass is 1110 g/mol. The van der Waals surface area contributed by atoms with E-state index in [4.69, 9.17) is 33.2 Å². The molecule has 452 valence electrons. The highest BCUT2D eigenvalue weighted by Crippen LogP contribution is 2.44. The molecule has 4 unspecified atom stereocenters. The van der Waals surface area contributed by atoms with Crippen molar-refractivity contribution in [2.45, 2.75) is 245 Å². The molecule has 16 nitrogen and oxygen atoms in total. The second-order valence-corrected chi connectivity index (χ2v) is 22.6. The number of fused-ring (bicyclic) bond motifs is 1. The number of unbranched alkanes of at least 4 members (excludes halogenated alkanes) is 11. The smallest absolute Gasteiger partial charge is 0.407 e. The molecule has 79 heavy (non-hydrogen) atoms. The number of nitrogens with one attached hydrogen (secondary N) is 1. The fourth-order valence-electron chi connectivity index (χ4n) is 10.8. The van der Waals surface area contributed by atoms with Crippen LogP contribution >= 0.6 is 0 Å². The number of hydrogen-bond donors (Lipinski definition) is 1. The number of allylic oxidation sites excluding steroid dienone is 2. The molecule has 3 rings (SSSR count). The first-order valence-corrected chi connectivity index (χ1v) is 31.4. The van der Waals surface area contributed by atoms with Crippen molar-refractivity contribution in [3.05, 3.63) is 24.3 Å². The van der Waals surface area contributed by atoms with Crippen LogP contribution in [0.4, 0.5) is 4.79 Å². The first kappa shape index (κ1) is 68.8. The van der Waals surface area contributed by atoms with Crippen molar-refractivity contribution in [2.24, 2.45) is 23.2 Å². The van der Waals surface area contributed by atoms with Gasteiger partial charge in [0.1, 0.15) is 37.9 Å². The van der Waals surface area contributed by atoms with E-state index in [0.717, 1.165) is 122 Å². The molecule has 1 amide bonds. The number of carbonyl (C=O) groups is 7. The number of alkyl carbamates (subject to hydrolysis) is 1. The minimum Gasteiger partial charge on any atom is -0.465 e. The van der Waals surface area contributed by atoms with E-state index in [9.17, 15) is 33.6 Å². The van der Waals surface area contributed by atoms with Crippen molar-refractivity contribution in [1.29, 1.82) is 0 Å². The van der Waals surface area contributed by atoms with Gasteiger partial charge in [0.25, 0.3) is 0 Å². The van der Waals surface area contributed by atoms with Gasteiger partial charge in [-0.05, 0) is 134 Å². The van der Waals surface area contributed by atoms with E-state index in [1.54, 1.807) is 0 Å². The van der Waals surface area contributed by atoms with Crippen molar-refractivity contribution in [2.75, 3.05) is 65.8 Å². The van der Waals surface area contributed by atoms with E-state index in [0.29, 0.717) is 77.0 Å². The van der Waals surface area contributed by atoms with E-state index >= 15 is 0 Å².